The lowest BCUT2D eigenvalue weighted by atomic mass is 9.82. The first-order valence-electron chi connectivity index (χ1n) is 7.31. The van der Waals surface area contributed by atoms with Gasteiger partial charge in [0.1, 0.15) is 6.29 Å². The standard InChI is InChI=1S/C17H19NO2S2/c1-17(2,3)12-6-4-10(5-7-12)13-11(8-19)9-21-15-14(13)22-16(20)18-15/h4-8,11,13H,9H2,1-3H3,(H,18,20). The minimum Gasteiger partial charge on any atom is -0.307 e. The van der Waals surface area contributed by atoms with E-state index in [9.17, 15) is 9.59 Å². The van der Waals surface area contributed by atoms with Crippen LogP contribution in [0.5, 0.6) is 0 Å². The average Bonchev–Trinajstić information content (AvgIpc) is 2.85. The molecule has 5 heteroatoms. The Hall–Kier alpha value is -1.33. The first-order valence-corrected chi connectivity index (χ1v) is 9.12. The molecule has 1 aromatic heterocycles. The number of carbonyl (C=O) groups is 1. The molecule has 22 heavy (non-hydrogen) atoms. The Bertz CT molecular complexity index is 737. The number of aldehydes is 1. The summed E-state index contributed by atoms with van der Waals surface area (Å²) in [7, 11) is 0. The SMILES string of the molecule is CC(C)(C)c1ccc(C2c3sc(=O)[nH]c3SCC2C=O)cc1. The zero-order chi connectivity index (χ0) is 15.9. The maximum absolute atomic E-state index is 11.7. The van der Waals surface area contributed by atoms with Crippen molar-refractivity contribution in [2.24, 2.45) is 5.92 Å². The number of aromatic amines is 1. The fourth-order valence-corrected chi connectivity index (χ4v) is 5.18. The van der Waals surface area contributed by atoms with Crippen molar-refractivity contribution in [3.8, 4) is 0 Å². The van der Waals surface area contributed by atoms with Crippen LogP contribution in [-0.2, 0) is 10.2 Å². The topological polar surface area (TPSA) is 49.9 Å². The van der Waals surface area contributed by atoms with Crippen molar-refractivity contribution in [1.29, 1.82) is 0 Å². The Morgan fingerprint density at radius 3 is 2.50 bits per heavy atom. The summed E-state index contributed by atoms with van der Waals surface area (Å²) in [5.74, 6) is 0.630. The summed E-state index contributed by atoms with van der Waals surface area (Å²) in [6.07, 6.45) is 1.03. The van der Waals surface area contributed by atoms with E-state index in [1.807, 2.05) is 0 Å². The number of carbonyl (C=O) groups excluding carboxylic acids is 1. The summed E-state index contributed by atoms with van der Waals surface area (Å²) in [5, 5.41) is 0.929. The van der Waals surface area contributed by atoms with Crippen LogP contribution >= 0.6 is 23.1 Å². The third-order valence-electron chi connectivity index (χ3n) is 4.08. The number of thioether (sulfide) groups is 1. The van der Waals surface area contributed by atoms with Crippen LogP contribution in [0.2, 0.25) is 0 Å². The van der Waals surface area contributed by atoms with Gasteiger partial charge in [-0.15, -0.1) is 11.8 Å². The van der Waals surface area contributed by atoms with Crippen molar-refractivity contribution in [3.63, 3.8) is 0 Å². The minimum absolute atomic E-state index is 0.00767. The van der Waals surface area contributed by atoms with Crippen LogP contribution in [0.3, 0.4) is 0 Å². The molecule has 0 fully saturated rings. The van der Waals surface area contributed by atoms with Crippen molar-refractivity contribution in [2.75, 3.05) is 5.75 Å². The number of H-pyrrole nitrogens is 1. The number of thiazole rings is 1. The number of aromatic nitrogens is 1. The molecule has 1 aliphatic rings. The van der Waals surface area contributed by atoms with Crippen LogP contribution in [0.15, 0.2) is 34.1 Å². The molecule has 3 nitrogen and oxygen atoms in total. The monoisotopic (exact) mass is 333 g/mol. The molecule has 1 N–H and O–H groups in total. The summed E-state index contributed by atoms with van der Waals surface area (Å²) in [4.78, 5) is 27.0. The van der Waals surface area contributed by atoms with Crippen LogP contribution < -0.4 is 4.87 Å². The van der Waals surface area contributed by atoms with Crippen LogP contribution in [-0.4, -0.2) is 17.0 Å². The van der Waals surface area contributed by atoms with E-state index in [-0.39, 0.29) is 22.1 Å². The Morgan fingerprint density at radius 1 is 1.23 bits per heavy atom. The van der Waals surface area contributed by atoms with Gasteiger partial charge in [0, 0.05) is 22.5 Å². The zero-order valence-corrected chi connectivity index (χ0v) is 14.5. The van der Waals surface area contributed by atoms with Gasteiger partial charge in [-0.2, -0.15) is 0 Å². The fraction of sp³-hybridized carbons (Fsp3) is 0.412. The van der Waals surface area contributed by atoms with E-state index in [4.69, 9.17) is 0 Å². The van der Waals surface area contributed by atoms with E-state index in [2.05, 4.69) is 50.0 Å². The average molecular weight is 333 g/mol. The smallest absolute Gasteiger partial charge is 0.305 e. The fourth-order valence-electron chi connectivity index (χ4n) is 2.82. The van der Waals surface area contributed by atoms with Crippen molar-refractivity contribution < 1.29 is 4.79 Å². The molecular weight excluding hydrogens is 314 g/mol. The van der Waals surface area contributed by atoms with Gasteiger partial charge in [0.15, 0.2) is 0 Å². The van der Waals surface area contributed by atoms with E-state index in [0.717, 1.165) is 27.5 Å². The third-order valence-corrected chi connectivity index (χ3v) is 6.34. The Labute approximate surface area is 138 Å². The molecule has 0 spiro atoms. The first kappa shape index (κ1) is 15.6. The van der Waals surface area contributed by atoms with Gasteiger partial charge >= 0.3 is 4.87 Å². The van der Waals surface area contributed by atoms with E-state index in [1.54, 1.807) is 11.8 Å². The molecule has 1 aromatic carbocycles. The highest BCUT2D eigenvalue weighted by Gasteiger charge is 2.33. The second-order valence-electron chi connectivity index (χ2n) is 6.67. The summed E-state index contributed by atoms with van der Waals surface area (Å²) < 4.78 is 0. The van der Waals surface area contributed by atoms with Crippen molar-refractivity contribution in [1.82, 2.24) is 4.98 Å². The lowest BCUT2D eigenvalue weighted by molar-refractivity contribution is -0.110. The molecule has 2 unspecified atom stereocenters. The molecule has 0 radical (unpaired) electrons. The highest BCUT2D eigenvalue weighted by atomic mass is 32.2. The van der Waals surface area contributed by atoms with Crippen molar-refractivity contribution >= 4 is 29.4 Å². The molecule has 2 atom stereocenters. The lowest BCUT2D eigenvalue weighted by Crippen LogP contribution is -2.22. The van der Waals surface area contributed by atoms with Gasteiger partial charge in [-0.25, -0.2) is 0 Å². The number of hydrogen-bond donors (Lipinski definition) is 1. The van der Waals surface area contributed by atoms with Gasteiger partial charge in [0.05, 0.1) is 5.03 Å². The van der Waals surface area contributed by atoms with E-state index in [0.29, 0.717) is 0 Å². The van der Waals surface area contributed by atoms with Gasteiger partial charge in [-0.3, -0.25) is 4.79 Å². The molecule has 0 bridgehead atoms. The van der Waals surface area contributed by atoms with Gasteiger partial charge in [0.25, 0.3) is 0 Å². The van der Waals surface area contributed by atoms with Gasteiger partial charge in [-0.05, 0) is 16.5 Å². The van der Waals surface area contributed by atoms with E-state index in [1.165, 1.54) is 16.9 Å². The number of benzene rings is 1. The number of fused-ring (bicyclic) bond motifs is 1. The second kappa shape index (κ2) is 5.70. The van der Waals surface area contributed by atoms with E-state index < -0.39 is 0 Å². The quantitative estimate of drug-likeness (QED) is 0.851. The highest BCUT2D eigenvalue weighted by Crippen LogP contribution is 2.44. The summed E-state index contributed by atoms with van der Waals surface area (Å²) in [5.41, 5.74) is 2.49. The first-order chi connectivity index (χ1) is 10.4. The van der Waals surface area contributed by atoms with Crippen LogP contribution in [0.25, 0.3) is 0 Å². The van der Waals surface area contributed by atoms with E-state index >= 15 is 0 Å². The molecule has 0 saturated heterocycles. The molecule has 0 aliphatic carbocycles. The van der Waals surface area contributed by atoms with Crippen LogP contribution in [0.1, 0.15) is 42.7 Å². The second-order valence-corrected chi connectivity index (χ2v) is 8.71. The van der Waals surface area contributed by atoms with Gasteiger partial charge < -0.3 is 9.78 Å². The number of rotatable bonds is 2. The molecule has 0 saturated carbocycles. The molecule has 116 valence electrons. The maximum Gasteiger partial charge on any atom is 0.305 e. The molecule has 2 heterocycles. The van der Waals surface area contributed by atoms with Gasteiger partial charge in [-0.1, -0.05) is 56.4 Å². The molecule has 3 rings (SSSR count). The predicted molar refractivity (Wildman–Crippen MR) is 92.2 cm³/mol. The third kappa shape index (κ3) is 2.79. The van der Waals surface area contributed by atoms with Crippen LogP contribution in [0.4, 0.5) is 0 Å². The zero-order valence-electron chi connectivity index (χ0n) is 12.9. The number of hydrogen-bond acceptors (Lipinski definition) is 4. The largest absolute Gasteiger partial charge is 0.307 e. The summed E-state index contributed by atoms with van der Waals surface area (Å²) in [6, 6.07) is 8.47. The number of nitrogens with one attached hydrogen (secondary N) is 1. The van der Waals surface area contributed by atoms with Gasteiger partial charge in [0.2, 0.25) is 0 Å². The Morgan fingerprint density at radius 2 is 1.91 bits per heavy atom. The van der Waals surface area contributed by atoms with Crippen molar-refractivity contribution in [2.45, 2.75) is 37.1 Å². The summed E-state index contributed by atoms with van der Waals surface area (Å²) in [6.45, 7) is 6.55. The highest BCUT2D eigenvalue weighted by molar-refractivity contribution is 7.99. The molecule has 2 aromatic rings. The lowest BCUT2D eigenvalue weighted by Gasteiger charge is -2.28. The molecule has 1 aliphatic heterocycles. The molecule has 0 amide bonds. The van der Waals surface area contributed by atoms with Crippen molar-refractivity contribution in [3.05, 3.63) is 49.9 Å². The summed E-state index contributed by atoms with van der Waals surface area (Å²) >= 11 is 2.80. The Balaban J connectivity index is 2.04. The normalized spacial score (nSPS) is 21.4. The maximum atomic E-state index is 11.7. The Kier molecular flexibility index (Phi) is 4.03. The predicted octanol–water partition coefficient (Wildman–Crippen LogP) is 3.79. The minimum atomic E-state index is -0.0792. The van der Waals surface area contributed by atoms with Crippen LogP contribution in [0, 0.1) is 5.92 Å². The molecular formula is C17H19NO2S2.